The Bertz CT molecular complexity index is 3370. The predicted molar refractivity (Wildman–Crippen MR) is 268 cm³/mol. The second kappa shape index (κ2) is 18.8. The number of nitrogens with one attached hydrogen (secondary N) is 3. The van der Waals surface area contributed by atoms with Crippen LogP contribution in [0.15, 0.2) is 120 Å². The van der Waals surface area contributed by atoms with Gasteiger partial charge in [0, 0.05) is 43.4 Å². The number of fused-ring (bicyclic) bond motifs is 4. The molecule has 6 aromatic heterocycles. The van der Waals surface area contributed by atoms with E-state index >= 15 is 0 Å². The Kier molecular flexibility index (Phi) is 12.7. The van der Waals surface area contributed by atoms with E-state index in [1.165, 1.54) is 44.0 Å². The number of nitrogens with zero attached hydrogens (tertiary/aromatic N) is 11. The molecule has 0 radical (unpaired) electrons. The van der Waals surface area contributed by atoms with E-state index < -0.39 is 11.2 Å². The van der Waals surface area contributed by atoms with Crippen molar-refractivity contribution in [3.8, 4) is 11.6 Å². The Hall–Kier alpha value is -7.64. The molecule has 0 bridgehead atoms. The third-order valence-electron chi connectivity index (χ3n) is 12.1. The highest BCUT2D eigenvalue weighted by Gasteiger charge is 2.24. The van der Waals surface area contributed by atoms with Gasteiger partial charge in [-0.1, -0.05) is 36.4 Å². The molecule has 18 heteroatoms. The molecular weight excluding hydrogens is 873 g/mol. The Labute approximate surface area is 398 Å². The molecule has 0 fully saturated rings. The zero-order valence-corrected chi connectivity index (χ0v) is 39.4. The van der Waals surface area contributed by atoms with Gasteiger partial charge in [-0.3, -0.25) is 9.59 Å². The van der Waals surface area contributed by atoms with Crippen LogP contribution in [0.25, 0.3) is 33.7 Å². The number of likely N-dealkylation sites (N-methyl/N-ethyl adjacent to an activating group) is 1. The molecule has 0 unspecified atom stereocenters. The lowest BCUT2D eigenvalue weighted by atomic mass is 9.99. The Morgan fingerprint density at radius 1 is 0.667 bits per heavy atom. The van der Waals surface area contributed by atoms with Crippen LogP contribution in [0.3, 0.4) is 0 Å². The fraction of sp³-hybridized carbons (Fsp3) is 0.294. The van der Waals surface area contributed by atoms with E-state index in [2.05, 4.69) is 90.2 Å². The Morgan fingerprint density at radius 2 is 1.16 bits per heavy atom. The van der Waals surface area contributed by atoms with Crippen LogP contribution in [0.2, 0.25) is 0 Å². The van der Waals surface area contributed by atoms with E-state index in [4.69, 9.17) is 4.98 Å². The molecule has 10 rings (SSSR count). The quantitative estimate of drug-likeness (QED) is 0.0904. The second-order valence-electron chi connectivity index (χ2n) is 18.3. The van der Waals surface area contributed by atoms with Crippen LogP contribution in [0.5, 0.6) is 0 Å². The summed E-state index contributed by atoms with van der Waals surface area (Å²) in [6.07, 6.45) is 8.40. The highest BCUT2D eigenvalue weighted by molar-refractivity contribution is 5.78. The van der Waals surface area contributed by atoms with Gasteiger partial charge in [-0.2, -0.15) is 9.97 Å². The molecule has 0 atom stereocenters. The van der Waals surface area contributed by atoms with Crippen LogP contribution >= 0.6 is 0 Å². The van der Waals surface area contributed by atoms with E-state index in [0.717, 1.165) is 50.4 Å². The summed E-state index contributed by atoms with van der Waals surface area (Å²) in [5, 5.41) is 31.6. The first-order valence-electron chi connectivity index (χ1n) is 22.9. The molecule has 69 heavy (non-hydrogen) atoms. The van der Waals surface area contributed by atoms with Crippen molar-refractivity contribution >= 4 is 45.3 Å². The van der Waals surface area contributed by atoms with E-state index in [-0.39, 0.29) is 24.2 Å². The molecule has 8 aromatic rings. The number of anilines is 4. The summed E-state index contributed by atoms with van der Waals surface area (Å²) in [6.45, 7) is 18.6. The Morgan fingerprint density at radius 3 is 1.65 bits per heavy atom. The molecule has 5 N–H and O–H groups in total. The maximum absolute atomic E-state index is 13.2. The number of hydrogen-bond donors (Lipinski definition) is 5. The van der Waals surface area contributed by atoms with Crippen molar-refractivity contribution in [1.29, 1.82) is 0 Å². The number of allylic oxidation sites excluding steroid dienone is 2. The number of benzene rings is 2. The fourth-order valence-corrected chi connectivity index (χ4v) is 8.57. The van der Waals surface area contributed by atoms with Crippen molar-refractivity contribution in [2.24, 2.45) is 0 Å². The first-order chi connectivity index (χ1) is 33.1. The maximum Gasteiger partial charge on any atom is 0.278 e. The summed E-state index contributed by atoms with van der Waals surface area (Å²) < 4.78 is 6.33. The van der Waals surface area contributed by atoms with Crippen molar-refractivity contribution in [3.63, 3.8) is 0 Å². The van der Waals surface area contributed by atoms with Crippen molar-refractivity contribution in [2.75, 3.05) is 30.8 Å². The van der Waals surface area contributed by atoms with Gasteiger partial charge in [-0.25, -0.2) is 38.7 Å². The average Bonchev–Trinajstić information content (AvgIpc) is 3.76. The highest BCUT2D eigenvalue weighted by Crippen LogP contribution is 2.27. The first kappa shape index (κ1) is 46.5. The third kappa shape index (κ3) is 9.60. The number of aromatic nitrogens is 10. The zero-order valence-electron chi connectivity index (χ0n) is 39.4. The summed E-state index contributed by atoms with van der Waals surface area (Å²) in [6, 6.07) is 23.2. The SMILES string of the molecule is C=CCn1c(=O)c2cnc(Nc3ccc4c(c3)CN(C)CC4)nc2n1-c1cccc(C(C)(C)O)n1.C=CCn1c(=O)c2cnc(Nc3ccc4c(c3)CNCC4)nc2n1-c1cccc(C(C)(C)O)n1. The average molecular weight is 929 g/mol. The van der Waals surface area contributed by atoms with Gasteiger partial charge in [0.25, 0.3) is 11.1 Å². The van der Waals surface area contributed by atoms with Gasteiger partial charge in [0.1, 0.15) is 22.0 Å². The molecule has 18 nitrogen and oxygen atoms in total. The van der Waals surface area contributed by atoms with Crippen LogP contribution in [0.1, 0.15) is 61.3 Å². The molecule has 2 aromatic carbocycles. The molecule has 0 amide bonds. The van der Waals surface area contributed by atoms with Gasteiger partial charge >= 0.3 is 0 Å². The van der Waals surface area contributed by atoms with Crippen molar-refractivity contribution in [1.82, 2.24) is 58.8 Å². The van der Waals surface area contributed by atoms with Crippen LogP contribution in [-0.2, 0) is 50.2 Å². The minimum atomic E-state index is -1.13. The molecule has 2 aliphatic rings. The van der Waals surface area contributed by atoms with E-state index in [1.807, 2.05) is 12.1 Å². The van der Waals surface area contributed by atoms with Gasteiger partial charge < -0.3 is 31.1 Å². The molecular formula is C51H56N14O4. The molecule has 0 aliphatic carbocycles. The smallest absolute Gasteiger partial charge is 0.278 e. The first-order valence-corrected chi connectivity index (χ1v) is 22.9. The second-order valence-corrected chi connectivity index (χ2v) is 18.3. The number of aliphatic hydroxyl groups is 2. The lowest BCUT2D eigenvalue weighted by Gasteiger charge is -2.25. The van der Waals surface area contributed by atoms with Gasteiger partial charge in [0.15, 0.2) is 22.9 Å². The van der Waals surface area contributed by atoms with Crippen molar-refractivity contribution in [2.45, 2.75) is 77.9 Å². The monoisotopic (exact) mass is 928 g/mol. The number of rotatable bonds is 12. The lowest BCUT2D eigenvalue weighted by molar-refractivity contribution is 0.0733. The summed E-state index contributed by atoms with van der Waals surface area (Å²) in [4.78, 5) is 56.0. The normalized spacial score (nSPS) is 13.9. The van der Waals surface area contributed by atoms with Gasteiger partial charge in [-0.15, -0.1) is 13.2 Å². The van der Waals surface area contributed by atoms with Crippen molar-refractivity contribution in [3.05, 3.63) is 165 Å². The van der Waals surface area contributed by atoms with Gasteiger partial charge in [-0.05, 0) is 125 Å². The molecule has 354 valence electrons. The maximum atomic E-state index is 13.2. The minimum Gasteiger partial charge on any atom is -0.384 e. The van der Waals surface area contributed by atoms with E-state index in [1.54, 1.807) is 85.6 Å². The molecule has 0 spiro atoms. The van der Waals surface area contributed by atoms with Crippen LogP contribution < -0.4 is 27.1 Å². The van der Waals surface area contributed by atoms with E-state index in [0.29, 0.717) is 57.0 Å². The van der Waals surface area contributed by atoms with E-state index in [9.17, 15) is 19.8 Å². The summed E-state index contributed by atoms with van der Waals surface area (Å²) in [5.74, 6) is 1.70. The Balaban J connectivity index is 0.000000172. The summed E-state index contributed by atoms with van der Waals surface area (Å²) in [7, 11) is 2.12. The van der Waals surface area contributed by atoms with Crippen LogP contribution in [0, 0.1) is 0 Å². The van der Waals surface area contributed by atoms with Crippen molar-refractivity contribution < 1.29 is 10.2 Å². The van der Waals surface area contributed by atoms with Crippen LogP contribution in [-0.4, -0.2) is 83.9 Å². The topological polar surface area (TPSA) is 211 Å². The summed E-state index contributed by atoms with van der Waals surface area (Å²) >= 11 is 0. The zero-order chi connectivity index (χ0) is 48.6. The standard InChI is InChI=1S/C26H29N7O2.C25H27N7O2/c1-5-12-32-24(34)20-15-27-25(28-19-10-9-17-11-13-31(4)16-18(17)14-19)30-23(20)33(32)22-8-6-7-21(29-22)26(2,3)35;1-4-12-31-23(33)19-15-27-24(28-18-9-8-16-10-11-26-14-17(16)13-18)30-22(19)32(31)21-7-5-6-20(29-21)25(2,3)34/h5-10,14-15,35H,1,11-13,16H2,2-4H3,(H,27,28,30);4-9,13,15,26,34H,1,10-12,14H2,2-3H3,(H,27,28,30). The third-order valence-corrected chi connectivity index (χ3v) is 12.1. The number of hydrogen-bond acceptors (Lipinski definition) is 14. The molecule has 0 saturated carbocycles. The summed E-state index contributed by atoms with van der Waals surface area (Å²) in [5.41, 5.74) is 6.07. The largest absolute Gasteiger partial charge is 0.384 e. The minimum absolute atomic E-state index is 0.237. The van der Waals surface area contributed by atoms with Gasteiger partial charge in [0.05, 0.1) is 24.5 Å². The lowest BCUT2D eigenvalue weighted by Crippen LogP contribution is -2.26. The molecule has 0 saturated heterocycles. The fourth-order valence-electron chi connectivity index (χ4n) is 8.57. The predicted octanol–water partition coefficient (Wildman–Crippen LogP) is 5.90. The van der Waals surface area contributed by atoms with Gasteiger partial charge in [0.2, 0.25) is 11.9 Å². The molecule has 2 aliphatic heterocycles. The number of pyridine rings is 2. The molecule has 8 heterocycles. The van der Waals surface area contributed by atoms with Crippen LogP contribution in [0.4, 0.5) is 23.3 Å². The highest BCUT2D eigenvalue weighted by atomic mass is 16.3.